The Hall–Kier alpha value is -0.440. The SMILES string of the molecule is C=C(C)C(F)(F)C(=O)Cl. The zero-order valence-corrected chi connectivity index (χ0v) is 5.51. The van der Waals surface area contributed by atoms with E-state index in [4.69, 9.17) is 0 Å². The number of hydrogen-bond acceptors (Lipinski definition) is 1. The lowest BCUT2D eigenvalue weighted by atomic mass is 10.2. The van der Waals surface area contributed by atoms with E-state index >= 15 is 0 Å². The van der Waals surface area contributed by atoms with Crippen molar-refractivity contribution in [3.8, 4) is 0 Å². The fourth-order valence-corrected chi connectivity index (χ4v) is 0.329. The molecule has 0 amide bonds. The topological polar surface area (TPSA) is 17.1 Å². The predicted octanol–water partition coefficient (Wildman–Crippen LogP) is 1.96. The Morgan fingerprint density at radius 3 is 2.00 bits per heavy atom. The number of hydrogen-bond donors (Lipinski definition) is 0. The highest BCUT2D eigenvalue weighted by Gasteiger charge is 2.37. The van der Waals surface area contributed by atoms with Gasteiger partial charge in [0.15, 0.2) is 0 Å². The smallest absolute Gasteiger partial charge is 0.274 e. The van der Waals surface area contributed by atoms with Crippen molar-refractivity contribution in [2.75, 3.05) is 0 Å². The first-order chi connectivity index (χ1) is 3.89. The van der Waals surface area contributed by atoms with Crippen molar-refractivity contribution in [1.82, 2.24) is 0 Å². The molecule has 0 aliphatic heterocycles. The van der Waals surface area contributed by atoms with Gasteiger partial charge in [-0.2, -0.15) is 8.78 Å². The summed E-state index contributed by atoms with van der Waals surface area (Å²) in [4.78, 5) is 9.86. The molecule has 0 rings (SSSR count). The maximum Gasteiger partial charge on any atom is 0.340 e. The summed E-state index contributed by atoms with van der Waals surface area (Å²) in [6.45, 7) is 3.93. The van der Waals surface area contributed by atoms with Gasteiger partial charge in [0.25, 0.3) is 5.24 Å². The maximum atomic E-state index is 12.1. The molecule has 0 aliphatic carbocycles. The van der Waals surface area contributed by atoms with Crippen LogP contribution in [0.5, 0.6) is 0 Å². The average Bonchev–Trinajstić information content (AvgIpc) is 1.65. The van der Waals surface area contributed by atoms with E-state index in [0.717, 1.165) is 6.92 Å². The molecule has 1 nitrogen and oxygen atoms in total. The van der Waals surface area contributed by atoms with Crippen molar-refractivity contribution in [2.45, 2.75) is 12.8 Å². The van der Waals surface area contributed by atoms with E-state index in [1.54, 1.807) is 0 Å². The minimum atomic E-state index is -3.57. The van der Waals surface area contributed by atoms with Crippen LogP contribution in [-0.2, 0) is 4.79 Å². The molecule has 0 fully saturated rings. The summed E-state index contributed by atoms with van der Waals surface area (Å²) in [5, 5.41) is -1.69. The van der Waals surface area contributed by atoms with Gasteiger partial charge in [0.2, 0.25) is 0 Å². The molecule has 0 bridgehead atoms. The number of rotatable bonds is 2. The van der Waals surface area contributed by atoms with Crippen LogP contribution in [0.2, 0.25) is 0 Å². The number of carbonyl (C=O) groups excluding carboxylic acids is 1. The summed E-state index contributed by atoms with van der Waals surface area (Å²) in [5.74, 6) is -3.57. The number of allylic oxidation sites excluding steroid dienone is 1. The Bertz CT molecular complexity index is 137. The molecule has 0 radical (unpaired) electrons. The van der Waals surface area contributed by atoms with Gasteiger partial charge in [0.1, 0.15) is 0 Å². The fraction of sp³-hybridized carbons (Fsp3) is 0.400. The molecule has 0 atom stereocenters. The molecule has 9 heavy (non-hydrogen) atoms. The first-order valence-corrected chi connectivity index (χ1v) is 2.50. The van der Waals surface area contributed by atoms with Crippen molar-refractivity contribution in [3.63, 3.8) is 0 Å². The minimum Gasteiger partial charge on any atom is -0.274 e. The van der Waals surface area contributed by atoms with Gasteiger partial charge in [-0.3, -0.25) is 4.79 Å². The van der Waals surface area contributed by atoms with Crippen molar-refractivity contribution in [3.05, 3.63) is 12.2 Å². The quantitative estimate of drug-likeness (QED) is 0.439. The van der Waals surface area contributed by atoms with E-state index in [1.807, 2.05) is 0 Å². The van der Waals surface area contributed by atoms with Crippen molar-refractivity contribution in [1.29, 1.82) is 0 Å². The van der Waals surface area contributed by atoms with Gasteiger partial charge in [-0.05, 0) is 24.1 Å². The summed E-state index contributed by atoms with van der Waals surface area (Å²) >= 11 is 4.51. The molecule has 52 valence electrons. The summed E-state index contributed by atoms with van der Waals surface area (Å²) in [7, 11) is 0. The normalized spacial score (nSPS) is 11.1. The molecule has 0 N–H and O–H groups in total. The van der Waals surface area contributed by atoms with Crippen molar-refractivity contribution >= 4 is 16.8 Å². The Balaban J connectivity index is 4.38. The standard InChI is InChI=1S/C5H5ClF2O/c1-3(2)5(7,8)4(6)9/h1H2,2H3. The van der Waals surface area contributed by atoms with Gasteiger partial charge >= 0.3 is 5.92 Å². The average molecular weight is 155 g/mol. The molecule has 0 heterocycles. The molecule has 0 saturated heterocycles. The minimum absolute atomic E-state index is 0.539. The van der Waals surface area contributed by atoms with Crippen LogP contribution < -0.4 is 0 Å². The van der Waals surface area contributed by atoms with Crippen molar-refractivity contribution in [2.24, 2.45) is 0 Å². The molecule has 4 heteroatoms. The monoisotopic (exact) mass is 154 g/mol. The summed E-state index contributed by atoms with van der Waals surface area (Å²) in [6.07, 6.45) is 0. The Labute approximate surface area is 56.3 Å². The van der Waals surface area contributed by atoms with Crippen LogP contribution in [0.4, 0.5) is 8.78 Å². The second-order valence-electron chi connectivity index (χ2n) is 1.63. The lowest BCUT2D eigenvalue weighted by Crippen LogP contribution is -2.24. The lowest BCUT2D eigenvalue weighted by Gasteiger charge is -2.08. The summed E-state index contributed by atoms with van der Waals surface area (Å²) in [5.41, 5.74) is -0.539. The number of alkyl halides is 2. The maximum absolute atomic E-state index is 12.1. The van der Waals surface area contributed by atoms with Gasteiger partial charge in [0, 0.05) is 0 Å². The van der Waals surface area contributed by atoms with Crippen LogP contribution in [0.1, 0.15) is 6.92 Å². The first kappa shape index (κ1) is 8.56. The number of carbonyl (C=O) groups is 1. The summed E-state index contributed by atoms with van der Waals surface area (Å²) in [6, 6.07) is 0. The molecular weight excluding hydrogens is 150 g/mol. The van der Waals surface area contributed by atoms with Gasteiger partial charge in [-0.1, -0.05) is 6.58 Å². The molecule has 0 unspecified atom stereocenters. The third-order valence-electron chi connectivity index (χ3n) is 0.783. The Kier molecular flexibility index (Phi) is 2.32. The summed E-state index contributed by atoms with van der Waals surface area (Å²) < 4.78 is 24.2. The van der Waals surface area contributed by atoms with Crippen LogP contribution in [-0.4, -0.2) is 11.2 Å². The Morgan fingerprint density at radius 1 is 1.67 bits per heavy atom. The van der Waals surface area contributed by atoms with Gasteiger partial charge in [-0.25, -0.2) is 0 Å². The third-order valence-corrected chi connectivity index (χ3v) is 1.02. The molecule has 0 spiro atoms. The first-order valence-electron chi connectivity index (χ1n) is 2.12. The zero-order valence-electron chi connectivity index (χ0n) is 4.75. The fourth-order valence-electron chi connectivity index (χ4n) is 0.168. The van der Waals surface area contributed by atoms with Crippen LogP contribution >= 0.6 is 11.6 Å². The highest BCUT2D eigenvalue weighted by Crippen LogP contribution is 2.24. The second kappa shape index (κ2) is 2.43. The molecule has 0 aromatic heterocycles. The van der Waals surface area contributed by atoms with Crippen LogP contribution in [0, 0.1) is 0 Å². The second-order valence-corrected chi connectivity index (χ2v) is 1.97. The number of halogens is 3. The van der Waals surface area contributed by atoms with Crippen LogP contribution in [0.25, 0.3) is 0 Å². The highest BCUT2D eigenvalue weighted by molar-refractivity contribution is 6.65. The van der Waals surface area contributed by atoms with E-state index in [9.17, 15) is 13.6 Å². The van der Waals surface area contributed by atoms with E-state index < -0.39 is 16.7 Å². The largest absolute Gasteiger partial charge is 0.340 e. The van der Waals surface area contributed by atoms with E-state index in [-0.39, 0.29) is 0 Å². The zero-order chi connectivity index (χ0) is 7.65. The third kappa shape index (κ3) is 1.75. The van der Waals surface area contributed by atoms with Crippen LogP contribution in [0.15, 0.2) is 12.2 Å². The van der Waals surface area contributed by atoms with Crippen LogP contribution in [0.3, 0.4) is 0 Å². The van der Waals surface area contributed by atoms with E-state index in [1.165, 1.54) is 0 Å². The molecule has 0 saturated carbocycles. The molecule has 0 aromatic carbocycles. The van der Waals surface area contributed by atoms with E-state index in [0.29, 0.717) is 0 Å². The van der Waals surface area contributed by atoms with Gasteiger partial charge in [0.05, 0.1) is 0 Å². The van der Waals surface area contributed by atoms with Crippen molar-refractivity contribution < 1.29 is 13.6 Å². The molecular formula is C5H5ClF2O. The lowest BCUT2D eigenvalue weighted by molar-refractivity contribution is -0.129. The van der Waals surface area contributed by atoms with Gasteiger partial charge < -0.3 is 0 Å². The predicted molar refractivity (Wildman–Crippen MR) is 30.6 cm³/mol. The molecule has 0 aromatic rings. The van der Waals surface area contributed by atoms with Gasteiger partial charge in [-0.15, -0.1) is 0 Å². The molecule has 0 aliphatic rings. The highest BCUT2D eigenvalue weighted by atomic mass is 35.5. The Morgan fingerprint density at radius 2 is 2.00 bits per heavy atom. The van der Waals surface area contributed by atoms with E-state index in [2.05, 4.69) is 18.2 Å².